The van der Waals surface area contributed by atoms with E-state index >= 15 is 0 Å². The molecule has 1 amide bonds. The largest absolute Gasteiger partial charge is 0.358 e. The highest BCUT2D eigenvalue weighted by Gasteiger charge is 2.29. The molecule has 1 saturated heterocycles. The van der Waals surface area contributed by atoms with E-state index in [9.17, 15) is 4.79 Å². The van der Waals surface area contributed by atoms with Gasteiger partial charge in [0.2, 0.25) is 5.91 Å². The number of carbonyl (C=O) groups excluding carboxylic acids is 1. The second-order valence-corrected chi connectivity index (χ2v) is 4.42. The minimum absolute atomic E-state index is 0.101. The van der Waals surface area contributed by atoms with Crippen molar-refractivity contribution in [1.29, 1.82) is 0 Å². The fraction of sp³-hybridized carbons (Fsp3) is 0.909. The zero-order valence-corrected chi connectivity index (χ0v) is 10.0. The van der Waals surface area contributed by atoms with Crippen molar-refractivity contribution >= 4 is 5.91 Å². The maximum absolute atomic E-state index is 11.5. The van der Waals surface area contributed by atoms with Gasteiger partial charge in [-0.25, -0.2) is 0 Å². The first kappa shape index (κ1) is 12.5. The smallest absolute Gasteiger partial charge is 0.237 e. The molecule has 1 fully saturated rings. The summed E-state index contributed by atoms with van der Waals surface area (Å²) in [7, 11) is 1.71. The lowest BCUT2D eigenvalue weighted by molar-refractivity contribution is -0.124. The Labute approximate surface area is 92.4 Å². The molecule has 0 aliphatic carbocycles. The minimum Gasteiger partial charge on any atom is -0.358 e. The molecule has 0 aromatic rings. The Bertz CT molecular complexity index is 206. The van der Waals surface area contributed by atoms with Gasteiger partial charge in [-0.1, -0.05) is 13.8 Å². The Morgan fingerprint density at radius 2 is 2.27 bits per heavy atom. The molecule has 0 saturated carbocycles. The predicted molar refractivity (Wildman–Crippen MR) is 61.8 cm³/mol. The van der Waals surface area contributed by atoms with Crippen LogP contribution in [0.3, 0.4) is 0 Å². The van der Waals surface area contributed by atoms with Gasteiger partial charge in [-0.3, -0.25) is 9.69 Å². The number of hydrogen-bond acceptors (Lipinski definition) is 3. The first-order chi connectivity index (χ1) is 7.15. The maximum Gasteiger partial charge on any atom is 0.237 e. The average Bonchev–Trinajstić information content (AvgIpc) is 2.64. The summed E-state index contributed by atoms with van der Waals surface area (Å²) in [5.74, 6) is 0.164. The molecular formula is C11H23N3O. The number of nitrogens with zero attached hydrogens (tertiary/aromatic N) is 1. The van der Waals surface area contributed by atoms with E-state index in [2.05, 4.69) is 29.4 Å². The average molecular weight is 213 g/mol. The number of likely N-dealkylation sites (N-methyl/N-ethyl adjacent to an activating group) is 1. The lowest BCUT2D eigenvalue weighted by Gasteiger charge is -2.23. The summed E-state index contributed by atoms with van der Waals surface area (Å²) in [5, 5.41) is 6.11. The Hall–Kier alpha value is -0.610. The maximum atomic E-state index is 11.5. The molecule has 0 spiro atoms. The molecule has 1 unspecified atom stereocenters. The van der Waals surface area contributed by atoms with E-state index in [0.717, 1.165) is 32.5 Å². The van der Waals surface area contributed by atoms with Crippen molar-refractivity contribution in [3.05, 3.63) is 0 Å². The first-order valence-corrected chi connectivity index (χ1v) is 5.84. The molecule has 88 valence electrons. The molecule has 4 heteroatoms. The summed E-state index contributed by atoms with van der Waals surface area (Å²) in [4.78, 5) is 13.8. The van der Waals surface area contributed by atoms with Crippen LogP contribution in [0.4, 0.5) is 0 Å². The van der Waals surface area contributed by atoms with Crippen molar-refractivity contribution in [2.45, 2.75) is 38.8 Å². The molecule has 4 nitrogen and oxygen atoms in total. The molecule has 0 radical (unpaired) electrons. The molecule has 1 aliphatic rings. The summed E-state index contributed by atoms with van der Waals surface area (Å²) in [6.45, 7) is 7.26. The minimum atomic E-state index is 0.101. The summed E-state index contributed by atoms with van der Waals surface area (Å²) in [5.41, 5.74) is 0. The quantitative estimate of drug-likeness (QED) is 0.685. The van der Waals surface area contributed by atoms with E-state index < -0.39 is 0 Å². The van der Waals surface area contributed by atoms with Crippen LogP contribution in [0.15, 0.2) is 0 Å². The van der Waals surface area contributed by atoms with Gasteiger partial charge in [-0.05, 0) is 19.4 Å². The monoisotopic (exact) mass is 213 g/mol. The van der Waals surface area contributed by atoms with Gasteiger partial charge in [0.05, 0.1) is 6.04 Å². The summed E-state index contributed by atoms with van der Waals surface area (Å²) < 4.78 is 0. The van der Waals surface area contributed by atoms with Crippen molar-refractivity contribution in [2.24, 2.45) is 0 Å². The highest BCUT2D eigenvalue weighted by molar-refractivity contribution is 5.81. The van der Waals surface area contributed by atoms with Crippen LogP contribution >= 0.6 is 0 Å². The second-order valence-electron chi connectivity index (χ2n) is 4.42. The van der Waals surface area contributed by atoms with Crippen LogP contribution in [0.1, 0.15) is 26.7 Å². The highest BCUT2D eigenvalue weighted by Crippen LogP contribution is 2.16. The highest BCUT2D eigenvalue weighted by atomic mass is 16.2. The Morgan fingerprint density at radius 3 is 2.87 bits per heavy atom. The fourth-order valence-corrected chi connectivity index (χ4v) is 2.05. The summed E-state index contributed by atoms with van der Waals surface area (Å²) in [6, 6.07) is 0.620. The molecule has 1 aliphatic heterocycles. The molecule has 0 aromatic heterocycles. The zero-order chi connectivity index (χ0) is 11.3. The van der Waals surface area contributed by atoms with Crippen LogP contribution in [0.5, 0.6) is 0 Å². The summed E-state index contributed by atoms with van der Waals surface area (Å²) >= 11 is 0. The van der Waals surface area contributed by atoms with Crippen LogP contribution in [0, 0.1) is 0 Å². The number of hydrogen-bond donors (Lipinski definition) is 2. The molecule has 15 heavy (non-hydrogen) atoms. The fourth-order valence-electron chi connectivity index (χ4n) is 2.05. The third-order valence-electron chi connectivity index (χ3n) is 2.86. The third-order valence-corrected chi connectivity index (χ3v) is 2.86. The van der Waals surface area contributed by atoms with Gasteiger partial charge in [0.1, 0.15) is 0 Å². The van der Waals surface area contributed by atoms with Gasteiger partial charge in [0.15, 0.2) is 0 Å². The predicted octanol–water partition coefficient (Wildman–Crippen LogP) is 0.195. The molecular weight excluding hydrogens is 190 g/mol. The van der Waals surface area contributed by atoms with Crippen molar-refractivity contribution < 1.29 is 4.79 Å². The van der Waals surface area contributed by atoms with E-state index in [1.165, 1.54) is 0 Å². The third kappa shape index (κ3) is 3.80. The van der Waals surface area contributed by atoms with E-state index in [1.54, 1.807) is 7.05 Å². The van der Waals surface area contributed by atoms with Crippen LogP contribution in [0.2, 0.25) is 0 Å². The second kappa shape index (κ2) is 6.08. The first-order valence-electron chi connectivity index (χ1n) is 5.84. The molecule has 2 N–H and O–H groups in total. The van der Waals surface area contributed by atoms with E-state index in [-0.39, 0.29) is 11.9 Å². The van der Waals surface area contributed by atoms with Gasteiger partial charge >= 0.3 is 0 Å². The normalized spacial score (nSPS) is 22.3. The van der Waals surface area contributed by atoms with Crippen LogP contribution < -0.4 is 10.6 Å². The van der Waals surface area contributed by atoms with Crippen molar-refractivity contribution in [1.82, 2.24) is 15.5 Å². The van der Waals surface area contributed by atoms with Gasteiger partial charge in [-0.2, -0.15) is 0 Å². The van der Waals surface area contributed by atoms with Crippen molar-refractivity contribution in [2.75, 3.05) is 26.7 Å². The Morgan fingerprint density at radius 1 is 1.53 bits per heavy atom. The lowest BCUT2D eigenvalue weighted by atomic mass is 10.2. The number of amides is 1. The van der Waals surface area contributed by atoms with Gasteiger partial charge in [0.25, 0.3) is 0 Å². The number of likely N-dealkylation sites (tertiary alicyclic amines) is 1. The van der Waals surface area contributed by atoms with E-state index in [4.69, 9.17) is 0 Å². The standard InChI is InChI=1S/C11H23N3O/c1-9(2)13-6-8-14-7-4-5-10(14)11(15)12-3/h9-10,13H,4-8H2,1-3H3,(H,12,15). The van der Waals surface area contributed by atoms with E-state index in [1.807, 2.05) is 0 Å². The Kier molecular flexibility index (Phi) is 5.05. The van der Waals surface area contributed by atoms with Crippen LogP contribution in [0.25, 0.3) is 0 Å². The van der Waals surface area contributed by atoms with Gasteiger partial charge in [0, 0.05) is 26.2 Å². The zero-order valence-electron chi connectivity index (χ0n) is 10.0. The van der Waals surface area contributed by atoms with E-state index in [0.29, 0.717) is 6.04 Å². The molecule has 1 rings (SSSR count). The molecule has 1 atom stereocenters. The molecule has 0 bridgehead atoms. The molecule has 0 aromatic carbocycles. The number of nitrogens with one attached hydrogen (secondary N) is 2. The van der Waals surface area contributed by atoms with Gasteiger partial charge < -0.3 is 10.6 Å². The van der Waals surface area contributed by atoms with Crippen molar-refractivity contribution in [3.8, 4) is 0 Å². The topological polar surface area (TPSA) is 44.4 Å². The molecule has 1 heterocycles. The van der Waals surface area contributed by atoms with Crippen molar-refractivity contribution in [3.63, 3.8) is 0 Å². The van der Waals surface area contributed by atoms with Crippen LogP contribution in [-0.2, 0) is 4.79 Å². The SMILES string of the molecule is CNC(=O)C1CCCN1CCNC(C)C. The Balaban J connectivity index is 2.30. The van der Waals surface area contributed by atoms with Crippen LogP contribution in [-0.4, -0.2) is 49.6 Å². The summed E-state index contributed by atoms with van der Waals surface area (Å²) in [6.07, 6.45) is 2.14. The van der Waals surface area contributed by atoms with Gasteiger partial charge in [-0.15, -0.1) is 0 Å². The number of carbonyl (C=O) groups is 1. The number of rotatable bonds is 5. The lowest BCUT2D eigenvalue weighted by Crippen LogP contribution is -2.44.